The molecule has 20 heavy (non-hydrogen) atoms. The van der Waals surface area contributed by atoms with Crippen LogP contribution in [0.1, 0.15) is 31.7 Å². The molecule has 1 fully saturated rings. The zero-order valence-electron chi connectivity index (χ0n) is 12.1. The van der Waals surface area contributed by atoms with E-state index in [4.69, 9.17) is 16.3 Å². The minimum atomic E-state index is -0.377. The molecule has 0 radical (unpaired) electrons. The van der Waals surface area contributed by atoms with Gasteiger partial charge in [0.05, 0.1) is 25.8 Å². The summed E-state index contributed by atoms with van der Waals surface area (Å²) in [5.41, 5.74) is 1.08. The maximum absolute atomic E-state index is 10.1. The molecule has 0 spiro atoms. The van der Waals surface area contributed by atoms with Gasteiger partial charge in [0, 0.05) is 5.02 Å². The first kappa shape index (κ1) is 15.8. The molecule has 112 valence electrons. The van der Waals surface area contributed by atoms with Crippen LogP contribution < -0.4 is 4.90 Å². The van der Waals surface area contributed by atoms with Gasteiger partial charge in [-0.2, -0.15) is 0 Å². The largest absolute Gasteiger partial charge is 0.385 e. The number of likely N-dealkylation sites (tertiary alicyclic amines) is 1. The van der Waals surface area contributed by atoms with Crippen molar-refractivity contribution in [3.63, 3.8) is 0 Å². The molecule has 1 unspecified atom stereocenters. The number of rotatable bonds is 6. The van der Waals surface area contributed by atoms with Gasteiger partial charge in [-0.05, 0) is 43.9 Å². The maximum atomic E-state index is 10.1. The predicted molar refractivity (Wildman–Crippen MR) is 81.1 cm³/mol. The van der Waals surface area contributed by atoms with E-state index < -0.39 is 0 Å². The number of ether oxygens (including phenoxy) is 1. The normalized spacial score (nSPS) is 24.6. The summed E-state index contributed by atoms with van der Waals surface area (Å²) < 4.78 is 5.59. The van der Waals surface area contributed by atoms with Gasteiger partial charge in [-0.3, -0.25) is 0 Å². The lowest BCUT2D eigenvalue weighted by atomic mass is 10.0. The van der Waals surface area contributed by atoms with E-state index in [0.29, 0.717) is 19.3 Å². The van der Waals surface area contributed by atoms with Crippen molar-refractivity contribution >= 4 is 11.6 Å². The van der Waals surface area contributed by atoms with E-state index in [1.807, 2.05) is 24.3 Å². The third-order valence-electron chi connectivity index (χ3n) is 4.07. The standard InChI is InChI=1S/C16H24ClNO2/c1-13-4-2-3-9-18(13)10-16(19)12-20-11-14-5-7-15(17)8-6-14/h5-8,13,16,19H,2-4,9-12H2,1H3/p+1/t13-,16-/m0/s1. The van der Waals surface area contributed by atoms with Crippen LogP contribution in [0.25, 0.3) is 0 Å². The Morgan fingerprint density at radius 3 is 2.80 bits per heavy atom. The molecular formula is C16H25ClNO2+. The summed E-state index contributed by atoms with van der Waals surface area (Å²) in [6.07, 6.45) is 3.50. The van der Waals surface area contributed by atoms with Crippen LogP contribution in [-0.4, -0.2) is 36.9 Å². The lowest BCUT2D eigenvalue weighted by Gasteiger charge is -2.31. The van der Waals surface area contributed by atoms with Gasteiger partial charge < -0.3 is 14.7 Å². The molecule has 1 aromatic rings. The Balaban J connectivity index is 1.67. The lowest BCUT2D eigenvalue weighted by molar-refractivity contribution is -0.931. The monoisotopic (exact) mass is 298 g/mol. The Kier molecular flexibility index (Phi) is 6.30. The van der Waals surface area contributed by atoms with Crippen molar-refractivity contribution in [2.24, 2.45) is 0 Å². The molecule has 0 bridgehead atoms. The number of aliphatic hydroxyl groups excluding tert-OH is 1. The van der Waals surface area contributed by atoms with Crippen LogP contribution in [0.3, 0.4) is 0 Å². The fourth-order valence-corrected chi connectivity index (χ4v) is 2.94. The zero-order chi connectivity index (χ0) is 14.4. The second kappa shape index (κ2) is 7.99. The Labute approximate surface area is 126 Å². The van der Waals surface area contributed by atoms with Crippen molar-refractivity contribution in [1.29, 1.82) is 0 Å². The molecular weight excluding hydrogens is 274 g/mol. The fraction of sp³-hybridized carbons (Fsp3) is 0.625. The minimum Gasteiger partial charge on any atom is -0.385 e. The average Bonchev–Trinajstić information content (AvgIpc) is 2.44. The van der Waals surface area contributed by atoms with Crippen molar-refractivity contribution in [2.75, 3.05) is 19.7 Å². The highest BCUT2D eigenvalue weighted by Gasteiger charge is 2.24. The van der Waals surface area contributed by atoms with Gasteiger partial charge in [-0.15, -0.1) is 0 Å². The molecule has 1 saturated heterocycles. The molecule has 0 aromatic heterocycles. The quantitative estimate of drug-likeness (QED) is 0.838. The second-order valence-corrected chi connectivity index (χ2v) is 6.24. The number of aliphatic hydroxyl groups is 1. The third kappa shape index (κ3) is 5.06. The summed E-state index contributed by atoms with van der Waals surface area (Å²) in [6.45, 7) is 5.17. The molecule has 1 aromatic carbocycles. The summed E-state index contributed by atoms with van der Waals surface area (Å²) in [7, 11) is 0. The van der Waals surface area contributed by atoms with Gasteiger partial charge in [0.2, 0.25) is 0 Å². The molecule has 2 rings (SSSR count). The van der Waals surface area contributed by atoms with E-state index >= 15 is 0 Å². The van der Waals surface area contributed by atoms with Crippen molar-refractivity contribution < 1.29 is 14.7 Å². The Morgan fingerprint density at radius 1 is 1.35 bits per heavy atom. The first-order valence-electron chi connectivity index (χ1n) is 7.50. The number of piperidine rings is 1. The third-order valence-corrected chi connectivity index (χ3v) is 4.32. The van der Waals surface area contributed by atoms with Gasteiger partial charge in [0.15, 0.2) is 0 Å². The number of halogens is 1. The zero-order valence-corrected chi connectivity index (χ0v) is 12.9. The first-order chi connectivity index (χ1) is 9.65. The van der Waals surface area contributed by atoms with Crippen LogP contribution in [-0.2, 0) is 11.3 Å². The topological polar surface area (TPSA) is 33.9 Å². The van der Waals surface area contributed by atoms with Crippen molar-refractivity contribution in [3.05, 3.63) is 34.9 Å². The van der Waals surface area contributed by atoms with Crippen LogP contribution in [0.2, 0.25) is 5.02 Å². The Bertz CT molecular complexity index is 396. The molecule has 0 aliphatic carbocycles. The van der Waals surface area contributed by atoms with E-state index in [1.54, 1.807) is 0 Å². The summed E-state index contributed by atoms with van der Waals surface area (Å²) in [5, 5.41) is 10.8. The van der Waals surface area contributed by atoms with Crippen molar-refractivity contribution in [2.45, 2.75) is 44.9 Å². The smallest absolute Gasteiger partial charge is 0.126 e. The second-order valence-electron chi connectivity index (χ2n) is 5.80. The van der Waals surface area contributed by atoms with Gasteiger partial charge in [0.1, 0.15) is 12.6 Å². The van der Waals surface area contributed by atoms with Crippen LogP contribution in [0.15, 0.2) is 24.3 Å². The lowest BCUT2D eigenvalue weighted by Crippen LogP contribution is -3.17. The number of hydrogen-bond donors (Lipinski definition) is 2. The van der Waals surface area contributed by atoms with Gasteiger partial charge in [-0.25, -0.2) is 0 Å². The maximum Gasteiger partial charge on any atom is 0.126 e. The van der Waals surface area contributed by atoms with E-state index in [-0.39, 0.29) is 6.10 Å². The first-order valence-corrected chi connectivity index (χ1v) is 7.88. The summed E-state index contributed by atoms with van der Waals surface area (Å²) in [5.74, 6) is 0. The molecule has 0 amide bonds. The minimum absolute atomic E-state index is 0.377. The molecule has 4 heteroatoms. The number of hydrogen-bond acceptors (Lipinski definition) is 2. The van der Waals surface area contributed by atoms with Crippen LogP contribution >= 0.6 is 11.6 Å². The highest BCUT2D eigenvalue weighted by Crippen LogP contribution is 2.10. The number of nitrogens with one attached hydrogen (secondary N) is 1. The van der Waals surface area contributed by atoms with Gasteiger partial charge in [-0.1, -0.05) is 23.7 Å². The van der Waals surface area contributed by atoms with Crippen molar-refractivity contribution in [3.8, 4) is 0 Å². The molecule has 1 aliphatic rings. The summed E-state index contributed by atoms with van der Waals surface area (Å²) in [4.78, 5) is 1.51. The van der Waals surface area contributed by atoms with Gasteiger partial charge >= 0.3 is 0 Å². The SMILES string of the molecule is C[C@H]1CCCC[NH+]1C[C@H](O)COCc1ccc(Cl)cc1. The number of quaternary nitrogens is 1. The molecule has 3 nitrogen and oxygen atoms in total. The van der Waals surface area contributed by atoms with E-state index in [2.05, 4.69) is 6.92 Å². The molecule has 1 aliphatic heterocycles. The number of benzene rings is 1. The fourth-order valence-electron chi connectivity index (χ4n) is 2.81. The van der Waals surface area contributed by atoms with E-state index in [1.165, 1.54) is 30.7 Å². The average molecular weight is 299 g/mol. The van der Waals surface area contributed by atoms with Crippen LogP contribution in [0, 0.1) is 0 Å². The molecule has 1 heterocycles. The highest BCUT2D eigenvalue weighted by molar-refractivity contribution is 6.30. The summed E-state index contributed by atoms with van der Waals surface area (Å²) >= 11 is 5.83. The van der Waals surface area contributed by atoms with E-state index in [0.717, 1.165) is 17.1 Å². The molecule has 2 N–H and O–H groups in total. The summed E-state index contributed by atoms with van der Waals surface area (Å²) in [6, 6.07) is 8.28. The van der Waals surface area contributed by atoms with Crippen LogP contribution in [0.4, 0.5) is 0 Å². The Hall–Kier alpha value is -0.610. The van der Waals surface area contributed by atoms with Crippen LogP contribution in [0.5, 0.6) is 0 Å². The van der Waals surface area contributed by atoms with Gasteiger partial charge in [0.25, 0.3) is 0 Å². The highest BCUT2D eigenvalue weighted by atomic mass is 35.5. The molecule has 3 atom stereocenters. The Morgan fingerprint density at radius 2 is 2.10 bits per heavy atom. The predicted octanol–water partition coefficient (Wildman–Crippen LogP) is 1.67. The molecule has 0 saturated carbocycles. The van der Waals surface area contributed by atoms with Crippen molar-refractivity contribution in [1.82, 2.24) is 0 Å². The van der Waals surface area contributed by atoms with E-state index in [9.17, 15) is 5.11 Å².